The van der Waals surface area contributed by atoms with Crippen molar-refractivity contribution in [1.29, 1.82) is 0 Å². The van der Waals surface area contributed by atoms with Crippen LogP contribution in [0, 0.1) is 0 Å². The third-order valence-electron chi connectivity index (χ3n) is 5.54. The fourth-order valence-electron chi connectivity index (χ4n) is 4.34. The molecule has 24 heavy (non-hydrogen) atoms. The summed E-state index contributed by atoms with van der Waals surface area (Å²) in [7, 11) is 2.09. The van der Waals surface area contributed by atoms with Gasteiger partial charge in [0, 0.05) is 10.9 Å². The van der Waals surface area contributed by atoms with Crippen LogP contribution >= 0.6 is 11.8 Å². The van der Waals surface area contributed by atoms with Crippen molar-refractivity contribution in [2.24, 2.45) is 0 Å². The van der Waals surface area contributed by atoms with Gasteiger partial charge in [-0.25, -0.2) is 0 Å². The number of hydrogen-bond donors (Lipinski definition) is 0. The molecule has 0 radical (unpaired) electrons. The fraction of sp³-hybridized carbons (Fsp3) is 0.368. The van der Waals surface area contributed by atoms with E-state index in [1.54, 1.807) is 12.1 Å². The van der Waals surface area contributed by atoms with Gasteiger partial charge in [0.25, 0.3) is 0 Å². The lowest BCUT2D eigenvalue weighted by molar-refractivity contribution is -0.0328. The molecule has 0 amide bonds. The Kier molecular flexibility index (Phi) is 3.52. The number of rotatable bonds is 1. The molecule has 0 aliphatic carbocycles. The molecule has 0 saturated heterocycles. The van der Waals surface area contributed by atoms with Crippen molar-refractivity contribution >= 4 is 11.8 Å². The average molecular weight is 349 g/mol. The van der Waals surface area contributed by atoms with Gasteiger partial charge in [0.05, 0.1) is 5.54 Å². The van der Waals surface area contributed by atoms with Crippen molar-refractivity contribution in [2.75, 3.05) is 7.05 Å². The Morgan fingerprint density at radius 3 is 2.62 bits per heavy atom. The molecule has 0 fully saturated rings. The van der Waals surface area contributed by atoms with Crippen LogP contribution in [0.3, 0.4) is 0 Å². The minimum atomic E-state index is -4.26. The molecule has 2 aliphatic rings. The summed E-state index contributed by atoms with van der Waals surface area (Å²) in [5.41, 5.74) is 0.0474. The summed E-state index contributed by atoms with van der Waals surface area (Å²) < 4.78 is 38.4. The Labute approximate surface area is 143 Å². The molecule has 1 nitrogen and oxygen atoms in total. The monoisotopic (exact) mass is 349 g/mol. The Bertz CT molecular complexity index is 801. The largest absolute Gasteiger partial charge is 0.446 e. The van der Waals surface area contributed by atoms with Crippen LogP contribution in [0.4, 0.5) is 13.2 Å². The van der Waals surface area contributed by atoms with Crippen molar-refractivity contribution < 1.29 is 13.2 Å². The van der Waals surface area contributed by atoms with Crippen molar-refractivity contribution in [3.05, 3.63) is 64.7 Å². The van der Waals surface area contributed by atoms with Gasteiger partial charge >= 0.3 is 5.51 Å². The Morgan fingerprint density at radius 2 is 1.88 bits per heavy atom. The van der Waals surface area contributed by atoms with Crippen LogP contribution in [0.25, 0.3) is 0 Å². The molecule has 2 atom stereocenters. The van der Waals surface area contributed by atoms with Gasteiger partial charge in [-0.2, -0.15) is 13.2 Å². The molecule has 2 bridgehead atoms. The minimum Gasteiger partial charge on any atom is -0.286 e. The van der Waals surface area contributed by atoms with Crippen LogP contribution < -0.4 is 0 Å². The van der Waals surface area contributed by atoms with E-state index in [1.807, 2.05) is 18.2 Å². The summed E-state index contributed by atoms with van der Waals surface area (Å²) in [5, 5.41) is 0. The average Bonchev–Trinajstić information content (AvgIpc) is 2.67. The predicted octanol–water partition coefficient (Wildman–Crippen LogP) is 5.49. The lowest BCUT2D eigenvalue weighted by Crippen LogP contribution is -2.37. The van der Waals surface area contributed by atoms with E-state index in [-0.39, 0.29) is 22.2 Å². The predicted molar refractivity (Wildman–Crippen MR) is 90.1 cm³/mol. The molecule has 4 rings (SSSR count). The van der Waals surface area contributed by atoms with Crippen LogP contribution in [0.2, 0.25) is 0 Å². The number of thioether (sulfide) groups is 1. The fourth-order valence-corrected chi connectivity index (χ4v) is 4.92. The molecule has 0 spiro atoms. The number of benzene rings is 2. The number of hydrogen-bond acceptors (Lipinski definition) is 2. The maximum Gasteiger partial charge on any atom is 0.446 e. The van der Waals surface area contributed by atoms with Gasteiger partial charge < -0.3 is 0 Å². The van der Waals surface area contributed by atoms with Crippen LogP contribution in [-0.2, 0) is 12.0 Å². The van der Waals surface area contributed by atoms with E-state index >= 15 is 0 Å². The zero-order valence-corrected chi connectivity index (χ0v) is 14.3. The summed E-state index contributed by atoms with van der Waals surface area (Å²) in [6.07, 6.45) is 1.88. The molecule has 2 aliphatic heterocycles. The summed E-state index contributed by atoms with van der Waals surface area (Å²) >= 11 is -0.0308. The van der Waals surface area contributed by atoms with Gasteiger partial charge in [-0.15, -0.1) is 0 Å². The van der Waals surface area contributed by atoms with Crippen LogP contribution in [0.15, 0.2) is 47.4 Å². The van der Waals surface area contributed by atoms with E-state index < -0.39 is 5.51 Å². The third-order valence-corrected chi connectivity index (χ3v) is 6.26. The van der Waals surface area contributed by atoms with E-state index in [2.05, 4.69) is 31.0 Å². The first-order valence-electron chi connectivity index (χ1n) is 8.02. The molecule has 2 aromatic rings. The smallest absolute Gasteiger partial charge is 0.286 e. The van der Waals surface area contributed by atoms with E-state index in [0.29, 0.717) is 6.04 Å². The second-order valence-corrected chi connectivity index (χ2v) is 7.83. The van der Waals surface area contributed by atoms with Gasteiger partial charge in [0.2, 0.25) is 0 Å². The maximum atomic E-state index is 12.8. The quantitative estimate of drug-likeness (QED) is 0.626. The highest BCUT2D eigenvalue weighted by Crippen LogP contribution is 2.54. The van der Waals surface area contributed by atoms with Gasteiger partial charge in [-0.05, 0) is 73.0 Å². The van der Waals surface area contributed by atoms with Gasteiger partial charge in [-0.3, -0.25) is 4.90 Å². The molecule has 5 heteroatoms. The summed E-state index contributed by atoms with van der Waals surface area (Å²) in [6.45, 7) is 2.14. The number of alkyl halides is 3. The highest BCUT2D eigenvalue weighted by atomic mass is 32.2. The van der Waals surface area contributed by atoms with E-state index in [4.69, 9.17) is 0 Å². The molecule has 0 saturated carbocycles. The summed E-state index contributed by atoms with van der Waals surface area (Å²) in [6, 6.07) is 13.9. The second-order valence-electron chi connectivity index (χ2n) is 6.69. The second kappa shape index (κ2) is 5.27. The van der Waals surface area contributed by atoms with E-state index in [9.17, 15) is 13.2 Å². The highest BCUT2D eigenvalue weighted by Gasteiger charge is 2.48. The standard InChI is InChI=1S/C19H18F3NS/c1-18-15-6-4-3-5-14(15)17(23(18)2)10-8-12-7-9-13(11-16(12)18)24-19(20,21)22/h3-7,9,11,17H,8,10H2,1-2H3. The number of fused-ring (bicyclic) bond motifs is 7. The molecular weight excluding hydrogens is 331 g/mol. The first-order chi connectivity index (χ1) is 11.3. The Balaban J connectivity index is 1.90. The molecule has 0 aromatic heterocycles. The number of aryl methyl sites for hydroxylation is 1. The lowest BCUT2D eigenvalue weighted by Gasteiger charge is -2.36. The normalized spacial score (nSPS) is 26.0. The molecule has 2 aromatic carbocycles. The maximum absolute atomic E-state index is 12.8. The molecule has 126 valence electrons. The zero-order chi connectivity index (χ0) is 17.1. The summed E-state index contributed by atoms with van der Waals surface area (Å²) in [5.74, 6) is 0. The SMILES string of the molecule is CN1C2CCc3ccc(SC(F)(F)F)cc3C1(C)c1ccccc12. The Morgan fingerprint density at radius 1 is 1.12 bits per heavy atom. The van der Waals surface area contributed by atoms with Crippen molar-refractivity contribution in [3.63, 3.8) is 0 Å². The van der Waals surface area contributed by atoms with Crippen LogP contribution in [0.1, 0.15) is 41.6 Å². The molecule has 2 heterocycles. The van der Waals surface area contributed by atoms with Crippen LogP contribution in [0.5, 0.6) is 0 Å². The molecule has 2 unspecified atom stereocenters. The van der Waals surface area contributed by atoms with Crippen LogP contribution in [-0.4, -0.2) is 17.5 Å². The molecule has 0 N–H and O–H groups in total. The lowest BCUT2D eigenvalue weighted by atomic mass is 9.80. The van der Waals surface area contributed by atoms with Gasteiger partial charge in [-0.1, -0.05) is 30.3 Å². The minimum absolute atomic E-state index is 0.0308. The Hall–Kier alpha value is -1.46. The first kappa shape index (κ1) is 16.0. The number of nitrogens with zero attached hydrogens (tertiary/aromatic N) is 1. The topological polar surface area (TPSA) is 3.24 Å². The van der Waals surface area contributed by atoms with Crippen molar-refractivity contribution in [3.8, 4) is 0 Å². The molecular formula is C19H18F3NS. The van der Waals surface area contributed by atoms with E-state index in [1.165, 1.54) is 11.1 Å². The zero-order valence-electron chi connectivity index (χ0n) is 13.5. The highest BCUT2D eigenvalue weighted by molar-refractivity contribution is 8.00. The first-order valence-corrected chi connectivity index (χ1v) is 8.84. The summed E-state index contributed by atoms with van der Waals surface area (Å²) in [4.78, 5) is 2.59. The van der Waals surface area contributed by atoms with E-state index in [0.717, 1.165) is 24.0 Å². The third kappa shape index (κ3) is 2.29. The van der Waals surface area contributed by atoms with Gasteiger partial charge in [0.15, 0.2) is 0 Å². The van der Waals surface area contributed by atoms with Crippen molar-refractivity contribution in [1.82, 2.24) is 4.90 Å². The van der Waals surface area contributed by atoms with Gasteiger partial charge in [0.1, 0.15) is 0 Å². The van der Waals surface area contributed by atoms with Crippen molar-refractivity contribution in [2.45, 2.75) is 41.7 Å². The number of halogens is 3.